The van der Waals surface area contributed by atoms with Gasteiger partial charge >= 0.3 is 6.03 Å². The van der Waals surface area contributed by atoms with Crippen molar-refractivity contribution in [1.82, 2.24) is 15.2 Å². The second-order valence-electron chi connectivity index (χ2n) is 6.80. The third kappa shape index (κ3) is 4.53. The highest BCUT2D eigenvalue weighted by molar-refractivity contribution is 6.10. The molecule has 8 nitrogen and oxygen atoms in total. The Balaban J connectivity index is 1.59. The number of urea groups is 1. The van der Waals surface area contributed by atoms with Gasteiger partial charge in [-0.05, 0) is 37.1 Å². The summed E-state index contributed by atoms with van der Waals surface area (Å²) >= 11 is 0. The maximum atomic E-state index is 12.6. The number of pyridine rings is 1. The lowest BCUT2D eigenvalue weighted by atomic mass is 9.93. The Morgan fingerprint density at radius 2 is 1.97 bits per heavy atom. The molecule has 2 N–H and O–H groups in total. The van der Waals surface area contributed by atoms with E-state index in [9.17, 15) is 14.4 Å². The number of carbonyl (C=O) groups is 3. The van der Waals surface area contributed by atoms with E-state index < -0.39 is 17.5 Å². The summed E-state index contributed by atoms with van der Waals surface area (Å²) in [4.78, 5) is 42.3. The summed E-state index contributed by atoms with van der Waals surface area (Å²) in [5, 5.41) is 5.41. The minimum Gasteiger partial charge on any atom is -0.487 e. The molecule has 152 valence electrons. The quantitative estimate of drug-likeness (QED) is 0.668. The molecule has 1 aromatic heterocycles. The van der Waals surface area contributed by atoms with Gasteiger partial charge in [-0.1, -0.05) is 26.0 Å². The van der Waals surface area contributed by atoms with Crippen LogP contribution in [0.15, 0.2) is 48.7 Å². The molecular weight excluding hydrogens is 372 g/mol. The predicted molar refractivity (Wildman–Crippen MR) is 107 cm³/mol. The molecule has 1 fully saturated rings. The van der Waals surface area contributed by atoms with E-state index in [1.54, 1.807) is 30.5 Å². The molecular formula is C21H24N4O4. The van der Waals surface area contributed by atoms with Gasteiger partial charge in [0.15, 0.2) is 0 Å². The smallest absolute Gasteiger partial charge is 0.325 e. The van der Waals surface area contributed by atoms with Crippen molar-refractivity contribution in [2.75, 3.05) is 11.9 Å². The van der Waals surface area contributed by atoms with Crippen LogP contribution < -0.4 is 15.4 Å². The highest BCUT2D eigenvalue weighted by atomic mass is 16.5. The summed E-state index contributed by atoms with van der Waals surface area (Å²) < 4.78 is 5.70. The summed E-state index contributed by atoms with van der Waals surface area (Å²) in [7, 11) is 0. The second-order valence-corrected chi connectivity index (χ2v) is 6.80. The lowest BCUT2D eigenvalue weighted by molar-refractivity contribution is -0.134. The molecule has 0 atom stereocenters. The average molecular weight is 396 g/mol. The van der Waals surface area contributed by atoms with Crippen LogP contribution in [-0.2, 0) is 16.2 Å². The number of imide groups is 1. The van der Waals surface area contributed by atoms with E-state index in [1.807, 2.05) is 32.0 Å². The van der Waals surface area contributed by atoms with Crippen molar-refractivity contribution in [3.8, 4) is 5.75 Å². The van der Waals surface area contributed by atoms with Crippen LogP contribution in [0.4, 0.5) is 10.5 Å². The number of carbonyl (C=O) groups excluding carboxylic acids is 3. The van der Waals surface area contributed by atoms with Gasteiger partial charge in [-0.15, -0.1) is 0 Å². The average Bonchev–Trinajstić information content (AvgIpc) is 2.98. The molecule has 1 aliphatic rings. The van der Waals surface area contributed by atoms with Crippen LogP contribution in [0, 0.1) is 0 Å². The molecule has 2 aromatic rings. The molecule has 29 heavy (non-hydrogen) atoms. The van der Waals surface area contributed by atoms with Crippen molar-refractivity contribution < 1.29 is 19.1 Å². The van der Waals surface area contributed by atoms with Gasteiger partial charge in [0.2, 0.25) is 5.91 Å². The van der Waals surface area contributed by atoms with Crippen molar-refractivity contribution in [2.24, 2.45) is 0 Å². The SMILES string of the molecule is CCC1(CC)NC(=O)N(CC(=O)Nc2cccc(OCc3ccccn3)c2)C1=O. The highest BCUT2D eigenvalue weighted by Gasteiger charge is 2.49. The summed E-state index contributed by atoms with van der Waals surface area (Å²) in [6, 6.07) is 11.9. The first-order valence-electron chi connectivity index (χ1n) is 9.54. The van der Waals surface area contributed by atoms with Crippen LogP contribution in [0.1, 0.15) is 32.4 Å². The fraction of sp³-hybridized carbons (Fsp3) is 0.333. The Hall–Kier alpha value is -3.42. The maximum Gasteiger partial charge on any atom is 0.325 e. The third-order valence-corrected chi connectivity index (χ3v) is 4.99. The molecule has 1 aromatic carbocycles. The number of hydrogen-bond acceptors (Lipinski definition) is 5. The molecule has 8 heteroatoms. The Labute approximate surface area is 169 Å². The first-order valence-corrected chi connectivity index (χ1v) is 9.54. The predicted octanol–water partition coefficient (Wildman–Crippen LogP) is 2.71. The summed E-state index contributed by atoms with van der Waals surface area (Å²) in [5.74, 6) is -0.257. The largest absolute Gasteiger partial charge is 0.487 e. The zero-order valence-corrected chi connectivity index (χ0v) is 16.5. The topological polar surface area (TPSA) is 101 Å². The fourth-order valence-electron chi connectivity index (χ4n) is 3.20. The molecule has 0 bridgehead atoms. The second kappa shape index (κ2) is 8.72. The Bertz CT molecular complexity index is 897. The monoisotopic (exact) mass is 396 g/mol. The number of nitrogens with zero attached hydrogens (tertiary/aromatic N) is 2. The van der Waals surface area contributed by atoms with Crippen LogP contribution in [0.25, 0.3) is 0 Å². The molecule has 4 amide bonds. The van der Waals surface area contributed by atoms with Crippen molar-refractivity contribution in [2.45, 2.75) is 38.8 Å². The normalized spacial score (nSPS) is 15.2. The zero-order valence-electron chi connectivity index (χ0n) is 16.5. The fourth-order valence-corrected chi connectivity index (χ4v) is 3.20. The van der Waals surface area contributed by atoms with E-state index in [4.69, 9.17) is 4.74 Å². The zero-order chi connectivity index (χ0) is 20.9. The van der Waals surface area contributed by atoms with Gasteiger partial charge < -0.3 is 15.4 Å². The van der Waals surface area contributed by atoms with E-state index in [0.29, 0.717) is 30.9 Å². The van der Waals surface area contributed by atoms with Crippen molar-refractivity contribution in [3.63, 3.8) is 0 Å². The van der Waals surface area contributed by atoms with Gasteiger partial charge in [0, 0.05) is 18.0 Å². The summed E-state index contributed by atoms with van der Waals surface area (Å²) in [5.41, 5.74) is 0.380. The summed E-state index contributed by atoms with van der Waals surface area (Å²) in [6.07, 6.45) is 2.64. The van der Waals surface area contributed by atoms with Gasteiger partial charge in [0.25, 0.3) is 5.91 Å². The highest BCUT2D eigenvalue weighted by Crippen LogP contribution is 2.25. The van der Waals surface area contributed by atoms with E-state index in [1.165, 1.54) is 0 Å². The van der Waals surface area contributed by atoms with E-state index in [-0.39, 0.29) is 12.5 Å². The van der Waals surface area contributed by atoms with Crippen LogP contribution in [-0.4, -0.2) is 39.8 Å². The molecule has 0 saturated carbocycles. The molecule has 0 unspecified atom stereocenters. The maximum absolute atomic E-state index is 12.6. The number of hydrogen-bond donors (Lipinski definition) is 2. The molecule has 2 heterocycles. The van der Waals surface area contributed by atoms with Gasteiger partial charge in [-0.25, -0.2) is 4.79 Å². The van der Waals surface area contributed by atoms with E-state index in [2.05, 4.69) is 15.6 Å². The van der Waals surface area contributed by atoms with Gasteiger partial charge in [0.1, 0.15) is 24.4 Å². The van der Waals surface area contributed by atoms with E-state index >= 15 is 0 Å². The number of anilines is 1. The van der Waals surface area contributed by atoms with Gasteiger partial charge in [-0.2, -0.15) is 0 Å². The van der Waals surface area contributed by atoms with Crippen molar-refractivity contribution in [3.05, 3.63) is 54.4 Å². The van der Waals surface area contributed by atoms with Crippen molar-refractivity contribution in [1.29, 1.82) is 0 Å². The first kappa shape index (κ1) is 20.3. The molecule has 1 saturated heterocycles. The van der Waals surface area contributed by atoms with Crippen molar-refractivity contribution >= 4 is 23.5 Å². The van der Waals surface area contributed by atoms with Crippen LogP contribution in [0.3, 0.4) is 0 Å². The van der Waals surface area contributed by atoms with Crippen LogP contribution in [0.5, 0.6) is 5.75 Å². The number of aromatic nitrogens is 1. The van der Waals surface area contributed by atoms with E-state index in [0.717, 1.165) is 10.6 Å². The van der Waals surface area contributed by atoms with Crippen LogP contribution >= 0.6 is 0 Å². The standard InChI is InChI=1S/C21H24N4O4/c1-3-21(4-2)19(27)25(20(28)24-21)13-18(26)23-15-9-7-10-17(12-15)29-14-16-8-5-6-11-22-16/h5-12H,3-4,13-14H2,1-2H3,(H,23,26)(H,24,28). The lowest BCUT2D eigenvalue weighted by Crippen LogP contribution is -2.46. The molecule has 0 spiro atoms. The molecule has 0 radical (unpaired) electrons. The Morgan fingerprint density at radius 1 is 1.17 bits per heavy atom. The number of amides is 4. The molecule has 3 rings (SSSR count). The number of ether oxygens (including phenoxy) is 1. The van der Waals surface area contributed by atoms with Crippen LogP contribution in [0.2, 0.25) is 0 Å². The number of benzene rings is 1. The minimum atomic E-state index is -0.920. The first-order chi connectivity index (χ1) is 14.0. The van der Waals surface area contributed by atoms with Gasteiger partial charge in [0.05, 0.1) is 5.69 Å². The number of nitrogens with one attached hydrogen (secondary N) is 2. The molecule has 0 aliphatic carbocycles. The lowest BCUT2D eigenvalue weighted by Gasteiger charge is -2.23. The summed E-state index contributed by atoms with van der Waals surface area (Å²) in [6.45, 7) is 3.63. The molecule has 1 aliphatic heterocycles. The Kier molecular flexibility index (Phi) is 6.11. The minimum absolute atomic E-state index is 0.302. The van der Waals surface area contributed by atoms with Gasteiger partial charge in [-0.3, -0.25) is 19.5 Å². The Morgan fingerprint density at radius 3 is 2.62 bits per heavy atom. The third-order valence-electron chi connectivity index (χ3n) is 4.99. The number of rotatable bonds is 8.